The number of nitrogens with one attached hydrogen (secondary N) is 1. The van der Waals surface area contributed by atoms with E-state index < -0.39 is 11.6 Å². The summed E-state index contributed by atoms with van der Waals surface area (Å²) in [5, 5.41) is 2.92. The maximum atomic E-state index is 13.7. The lowest BCUT2D eigenvalue weighted by molar-refractivity contribution is -0.140. The quantitative estimate of drug-likeness (QED) is 0.757. The van der Waals surface area contributed by atoms with Crippen molar-refractivity contribution in [3.8, 4) is 0 Å². The first kappa shape index (κ1) is 21.1. The van der Waals surface area contributed by atoms with Crippen LogP contribution in [0.5, 0.6) is 0 Å². The molecule has 2 aliphatic heterocycles. The Kier molecular flexibility index (Phi) is 5.81. The second-order valence-electron chi connectivity index (χ2n) is 9.00. The fourth-order valence-electron chi connectivity index (χ4n) is 4.91. The monoisotopic (exact) mass is 419 g/mol. The number of nitrogens with zero attached hydrogens (tertiary/aromatic N) is 2. The van der Waals surface area contributed by atoms with Crippen LogP contribution in [0.1, 0.15) is 31.4 Å². The second kappa shape index (κ2) is 8.53. The van der Waals surface area contributed by atoms with E-state index in [1.807, 2.05) is 60.7 Å². The van der Waals surface area contributed by atoms with E-state index in [4.69, 9.17) is 0 Å². The summed E-state index contributed by atoms with van der Waals surface area (Å²) >= 11 is 0. The van der Waals surface area contributed by atoms with Crippen LogP contribution < -0.4 is 5.32 Å². The van der Waals surface area contributed by atoms with Crippen molar-refractivity contribution in [2.75, 3.05) is 19.6 Å². The predicted molar refractivity (Wildman–Crippen MR) is 118 cm³/mol. The Bertz CT molecular complexity index is 952. The fourth-order valence-corrected chi connectivity index (χ4v) is 4.91. The molecule has 4 amide bonds. The molecule has 2 aromatic rings. The standard InChI is InChI=1S/C25H29N3O3/c1-18-13-19(2)16-27(15-18)22(29)17-28-23(30)25(26-24(28)31,21-11-7-4-8-12-21)14-20-9-5-3-6-10-20/h3-12,18-19H,13-17H2,1-2H3,(H,26,31)/t18-,19-,25+/m0/s1. The molecular formula is C25H29N3O3. The van der Waals surface area contributed by atoms with E-state index in [2.05, 4.69) is 19.2 Å². The minimum atomic E-state index is -1.22. The summed E-state index contributed by atoms with van der Waals surface area (Å²) in [6.45, 7) is 5.36. The van der Waals surface area contributed by atoms with Gasteiger partial charge < -0.3 is 10.2 Å². The van der Waals surface area contributed by atoms with Crippen LogP contribution >= 0.6 is 0 Å². The lowest BCUT2D eigenvalue weighted by Gasteiger charge is -2.35. The molecule has 162 valence electrons. The second-order valence-corrected chi connectivity index (χ2v) is 9.00. The summed E-state index contributed by atoms with van der Waals surface area (Å²) in [6, 6.07) is 18.4. The number of urea groups is 1. The van der Waals surface area contributed by atoms with Crippen molar-refractivity contribution >= 4 is 17.8 Å². The molecule has 0 radical (unpaired) electrons. The molecule has 6 heteroatoms. The first-order chi connectivity index (χ1) is 14.9. The molecule has 3 atom stereocenters. The largest absolute Gasteiger partial charge is 0.341 e. The molecule has 2 aliphatic rings. The molecule has 0 spiro atoms. The molecule has 0 aliphatic carbocycles. The van der Waals surface area contributed by atoms with Gasteiger partial charge in [-0.3, -0.25) is 14.5 Å². The van der Waals surface area contributed by atoms with Crippen LogP contribution in [0.15, 0.2) is 60.7 Å². The van der Waals surface area contributed by atoms with Crippen molar-refractivity contribution in [2.24, 2.45) is 11.8 Å². The first-order valence-electron chi connectivity index (χ1n) is 10.9. The topological polar surface area (TPSA) is 69.7 Å². The molecule has 1 N–H and O–H groups in total. The minimum Gasteiger partial charge on any atom is -0.341 e. The average molecular weight is 420 g/mol. The van der Waals surface area contributed by atoms with Crippen molar-refractivity contribution in [2.45, 2.75) is 32.2 Å². The van der Waals surface area contributed by atoms with E-state index in [0.29, 0.717) is 36.9 Å². The highest BCUT2D eigenvalue weighted by Gasteiger charge is 2.53. The van der Waals surface area contributed by atoms with Crippen molar-refractivity contribution in [3.05, 3.63) is 71.8 Å². The molecule has 4 rings (SSSR count). The molecule has 0 saturated carbocycles. The molecule has 2 heterocycles. The van der Waals surface area contributed by atoms with Crippen LogP contribution in [0, 0.1) is 11.8 Å². The average Bonchev–Trinajstić information content (AvgIpc) is 2.99. The number of likely N-dealkylation sites (tertiary alicyclic amines) is 1. The van der Waals surface area contributed by atoms with E-state index in [-0.39, 0.29) is 18.4 Å². The molecule has 0 aromatic heterocycles. The number of hydrogen-bond acceptors (Lipinski definition) is 3. The van der Waals surface area contributed by atoms with Crippen LogP contribution in [-0.2, 0) is 21.5 Å². The predicted octanol–water partition coefficient (Wildman–Crippen LogP) is 3.18. The highest BCUT2D eigenvalue weighted by Crippen LogP contribution is 2.33. The van der Waals surface area contributed by atoms with Crippen molar-refractivity contribution in [3.63, 3.8) is 0 Å². The third-order valence-electron chi connectivity index (χ3n) is 6.27. The third kappa shape index (κ3) is 4.20. The van der Waals surface area contributed by atoms with Crippen molar-refractivity contribution in [1.82, 2.24) is 15.1 Å². The molecule has 2 aromatic carbocycles. The normalized spacial score (nSPS) is 26.1. The van der Waals surface area contributed by atoms with Gasteiger partial charge in [0.15, 0.2) is 5.54 Å². The molecule has 31 heavy (non-hydrogen) atoms. The van der Waals surface area contributed by atoms with Gasteiger partial charge in [-0.15, -0.1) is 0 Å². The van der Waals surface area contributed by atoms with Crippen molar-refractivity contribution in [1.29, 1.82) is 0 Å². The number of benzene rings is 2. The SMILES string of the molecule is C[C@H]1C[C@H](C)CN(C(=O)CN2C(=O)N[C@](Cc3ccccc3)(c3ccccc3)C2=O)C1. The third-order valence-corrected chi connectivity index (χ3v) is 6.27. The zero-order chi connectivity index (χ0) is 22.0. The molecule has 0 bridgehead atoms. The van der Waals surface area contributed by atoms with E-state index in [9.17, 15) is 14.4 Å². The minimum absolute atomic E-state index is 0.175. The molecule has 2 saturated heterocycles. The summed E-state index contributed by atoms with van der Waals surface area (Å²) in [6.07, 6.45) is 1.41. The van der Waals surface area contributed by atoms with Gasteiger partial charge in [0.05, 0.1) is 0 Å². The van der Waals surface area contributed by atoms with Crippen LogP contribution in [0.4, 0.5) is 4.79 Å². The number of rotatable bonds is 5. The molecular weight excluding hydrogens is 390 g/mol. The van der Waals surface area contributed by atoms with Gasteiger partial charge in [0.25, 0.3) is 5.91 Å². The van der Waals surface area contributed by atoms with E-state index >= 15 is 0 Å². The molecule has 6 nitrogen and oxygen atoms in total. The van der Waals surface area contributed by atoms with Gasteiger partial charge in [-0.25, -0.2) is 4.79 Å². The maximum Gasteiger partial charge on any atom is 0.325 e. The number of carbonyl (C=O) groups excluding carboxylic acids is 3. The number of imide groups is 1. The van der Waals surface area contributed by atoms with Gasteiger partial charge in [0, 0.05) is 19.5 Å². The summed E-state index contributed by atoms with van der Waals surface area (Å²) in [5.41, 5.74) is 0.432. The van der Waals surface area contributed by atoms with Gasteiger partial charge in [0.1, 0.15) is 6.54 Å². The first-order valence-corrected chi connectivity index (χ1v) is 10.9. The fraction of sp³-hybridized carbons (Fsp3) is 0.400. The molecule has 2 fully saturated rings. The Balaban J connectivity index is 1.61. The highest BCUT2D eigenvalue weighted by atomic mass is 16.2. The van der Waals surface area contributed by atoms with Crippen LogP contribution in [0.2, 0.25) is 0 Å². The Morgan fingerprint density at radius 3 is 2.16 bits per heavy atom. The smallest absolute Gasteiger partial charge is 0.325 e. The Hall–Kier alpha value is -3.15. The number of hydrogen-bond donors (Lipinski definition) is 1. The van der Waals surface area contributed by atoms with Gasteiger partial charge in [-0.1, -0.05) is 74.5 Å². The van der Waals surface area contributed by atoms with Gasteiger partial charge in [0.2, 0.25) is 5.91 Å². The maximum absolute atomic E-state index is 13.7. The van der Waals surface area contributed by atoms with Gasteiger partial charge >= 0.3 is 6.03 Å². The Morgan fingerprint density at radius 2 is 1.55 bits per heavy atom. The zero-order valence-corrected chi connectivity index (χ0v) is 18.1. The number of piperidine rings is 1. The lowest BCUT2D eigenvalue weighted by atomic mass is 9.83. The summed E-state index contributed by atoms with van der Waals surface area (Å²) in [4.78, 5) is 42.5. The Morgan fingerprint density at radius 1 is 0.968 bits per heavy atom. The summed E-state index contributed by atoms with van der Waals surface area (Å²) < 4.78 is 0. The summed E-state index contributed by atoms with van der Waals surface area (Å²) in [5.74, 6) is 0.277. The van der Waals surface area contributed by atoms with E-state index in [1.54, 1.807) is 4.90 Å². The molecule has 0 unspecified atom stereocenters. The van der Waals surface area contributed by atoms with Crippen molar-refractivity contribution < 1.29 is 14.4 Å². The van der Waals surface area contributed by atoms with Crippen LogP contribution in [0.3, 0.4) is 0 Å². The number of carbonyl (C=O) groups is 3. The van der Waals surface area contributed by atoms with Crippen LogP contribution in [-0.4, -0.2) is 47.3 Å². The highest BCUT2D eigenvalue weighted by molar-refractivity contribution is 6.09. The Labute approximate surface area is 183 Å². The van der Waals surface area contributed by atoms with Crippen LogP contribution in [0.25, 0.3) is 0 Å². The van der Waals surface area contributed by atoms with Gasteiger partial charge in [-0.05, 0) is 29.4 Å². The van der Waals surface area contributed by atoms with Gasteiger partial charge in [-0.2, -0.15) is 0 Å². The van der Waals surface area contributed by atoms with E-state index in [1.165, 1.54) is 0 Å². The lowest BCUT2D eigenvalue weighted by Crippen LogP contribution is -2.49. The zero-order valence-electron chi connectivity index (χ0n) is 18.1. The summed E-state index contributed by atoms with van der Waals surface area (Å²) in [7, 11) is 0. The number of amides is 4. The van der Waals surface area contributed by atoms with E-state index in [0.717, 1.165) is 16.9 Å².